The van der Waals surface area contributed by atoms with Gasteiger partial charge in [-0.15, -0.1) is 0 Å². The molecule has 1 atom stereocenters. The number of rotatable bonds is 5. The van der Waals surface area contributed by atoms with E-state index in [2.05, 4.69) is 15.7 Å². The van der Waals surface area contributed by atoms with Crippen LogP contribution >= 0.6 is 11.6 Å². The molecular weight excluding hydrogens is 290 g/mol. The average Bonchev–Trinajstić information content (AvgIpc) is 2.71. The summed E-state index contributed by atoms with van der Waals surface area (Å²) in [6.07, 6.45) is 5.10. The summed E-state index contributed by atoms with van der Waals surface area (Å²) in [5.74, 6) is 0. The molecule has 1 unspecified atom stereocenters. The lowest BCUT2D eigenvalue weighted by atomic mass is 10.1. The van der Waals surface area contributed by atoms with Crippen LogP contribution in [-0.2, 0) is 6.54 Å². The maximum Gasteiger partial charge on any atom is 0.287 e. The molecular formula is C14H24ClN5O. The number of hydrogen-bond donors (Lipinski definition) is 2. The number of hydrogen-bond acceptors (Lipinski definition) is 5. The van der Waals surface area contributed by atoms with Gasteiger partial charge in [-0.1, -0.05) is 18.0 Å². The Labute approximate surface area is 130 Å². The van der Waals surface area contributed by atoms with Crippen molar-refractivity contribution in [1.82, 2.24) is 20.0 Å². The molecule has 1 saturated heterocycles. The minimum atomic E-state index is -0.231. The first-order valence-electron chi connectivity index (χ1n) is 7.45. The van der Waals surface area contributed by atoms with Crippen molar-refractivity contribution in [1.29, 1.82) is 0 Å². The summed E-state index contributed by atoms with van der Waals surface area (Å²) in [6, 6.07) is 0.295. The standard InChI is InChI=1S/C14H24ClN5O/c1-19(2)7-8-20-14(21)13(15)12(10-17-20)18-11-5-3-4-6-16-9-11/h10-11,16,18H,3-9H2,1-2H3. The third kappa shape index (κ3) is 4.69. The van der Waals surface area contributed by atoms with Crippen LogP contribution in [0.4, 0.5) is 5.69 Å². The SMILES string of the molecule is CN(C)CCn1ncc(NC2CCCCNC2)c(Cl)c1=O. The molecule has 2 N–H and O–H groups in total. The molecule has 1 aliphatic heterocycles. The predicted octanol–water partition coefficient (Wildman–Crippen LogP) is 1.01. The molecule has 7 heteroatoms. The van der Waals surface area contributed by atoms with Crippen molar-refractivity contribution in [3.8, 4) is 0 Å². The Kier molecular flexibility index (Phi) is 6.02. The first-order chi connectivity index (χ1) is 10.1. The Balaban J connectivity index is 2.07. The van der Waals surface area contributed by atoms with E-state index in [0.29, 0.717) is 18.3 Å². The molecule has 0 amide bonds. The third-order valence-electron chi connectivity index (χ3n) is 3.65. The zero-order valence-electron chi connectivity index (χ0n) is 12.7. The lowest BCUT2D eigenvalue weighted by Crippen LogP contribution is -2.33. The molecule has 1 aromatic rings. The second-order valence-electron chi connectivity index (χ2n) is 5.74. The van der Waals surface area contributed by atoms with E-state index in [1.165, 1.54) is 17.5 Å². The summed E-state index contributed by atoms with van der Waals surface area (Å²) in [4.78, 5) is 14.2. The molecule has 1 aromatic heterocycles. The molecule has 0 radical (unpaired) electrons. The van der Waals surface area contributed by atoms with Crippen molar-refractivity contribution in [3.63, 3.8) is 0 Å². The number of nitrogens with one attached hydrogen (secondary N) is 2. The minimum absolute atomic E-state index is 0.230. The van der Waals surface area contributed by atoms with Gasteiger partial charge in [0.25, 0.3) is 5.56 Å². The first-order valence-corrected chi connectivity index (χ1v) is 7.83. The quantitative estimate of drug-likeness (QED) is 0.849. The molecule has 0 aromatic carbocycles. The Morgan fingerprint density at radius 1 is 1.52 bits per heavy atom. The smallest absolute Gasteiger partial charge is 0.287 e. The summed E-state index contributed by atoms with van der Waals surface area (Å²) in [7, 11) is 3.92. The van der Waals surface area contributed by atoms with Gasteiger partial charge in [-0.05, 0) is 33.5 Å². The Morgan fingerprint density at radius 3 is 3.10 bits per heavy atom. The molecule has 0 bridgehead atoms. The molecule has 21 heavy (non-hydrogen) atoms. The Bertz CT molecular complexity index is 509. The first kappa shape index (κ1) is 16.3. The molecule has 2 heterocycles. The van der Waals surface area contributed by atoms with Gasteiger partial charge >= 0.3 is 0 Å². The van der Waals surface area contributed by atoms with Crippen molar-refractivity contribution < 1.29 is 0 Å². The number of likely N-dealkylation sites (N-methyl/N-ethyl adjacent to an activating group) is 1. The highest BCUT2D eigenvalue weighted by atomic mass is 35.5. The molecule has 6 nitrogen and oxygen atoms in total. The van der Waals surface area contributed by atoms with Gasteiger partial charge in [0.05, 0.1) is 18.4 Å². The second kappa shape index (κ2) is 7.77. The van der Waals surface area contributed by atoms with Crippen molar-refractivity contribution in [2.75, 3.05) is 39.0 Å². The van der Waals surface area contributed by atoms with Crippen LogP contribution < -0.4 is 16.2 Å². The minimum Gasteiger partial charge on any atom is -0.378 e. The predicted molar refractivity (Wildman–Crippen MR) is 86.2 cm³/mol. The van der Waals surface area contributed by atoms with E-state index < -0.39 is 0 Å². The van der Waals surface area contributed by atoms with E-state index in [-0.39, 0.29) is 10.6 Å². The maximum atomic E-state index is 12.2. The molecule has 1 fully saturated rings. The van der Waals surface area contributed by atoms with E-state index in [9.17, 15) is 4.79 Å². The van der Waals surface area contributed by atoms with Crippen LogP contribution in [0.15, 0.2) is 11.0 Å². The zero-order chi connectivity index (χ0) is 15.2. The Hall–Kier alpha value is -1.11. The highest BCUT2D eigenvalue weighted by Crippen LogP contribution is 2.18. The van der Waals surface area contributed by atoms with Crippen LogP contribution in [0.5, 0.6) is 0 Å². The fourth-order valence-corrected chi connectivity index (χ4v) is 2.58. The van der Waals surface area contributed by atoms with Crippen LogP contribution in [0.25, 0.3) is 0 Å². The van der Waals surface area contributed by atoms with Crippen LogP contribution in [0.3, 0.4) is 0 Å². The monoisotopic (exact) mass is 313 g/mol. The summed E-state index contributed by atoms with van der Waals surface area (Å²) in [5, 5.41) is 11.2. The molecule has 0 spiro atoms. The summed E-state index contributed by atoms with van der Waals surface area (Å²) in [5.41, 5.74) is 0.404. The van der Waals surface area contributed by atoms with Gasteiger partial charge in [0.2, 0.25) is 0 Å². The summed E-state index contributed by atoms with van der Waals surface area (Å²) >= 11 is 6.20. The third-order valence-corrected chi connectivity index (χ3v) is 4.02. The molecule has 0 aliphatic carbocycles. The van der Waals surface area contributed by atoms with E-state index in [4.69, 9.17) is 11.6 Å². The number of halogens is 1. The van der Waals surface area contributed by atoms with Gasteiger partial charge in [0, 0.05) is 19.1 Å². The number of aromatic nitrogens is 2. The fourth-order valence-electron chi connectivity index (χ4n) is 2.38. The highest BCUT2D eigenvalue weighted by molar-refractivity contribution is 6.32. The van der Waals surface area contributed by atoms with Crippen molar-refractivity contribution in [3.05, 3.63) is 21.6 Å². The van der Waals surface area contributed by atoms with E-state index in [1.807, 2.05) is 19.0 Å². The maximum absolute atomic E-state index is 12.2. The fraction of sp³-hybridized carbons (Fsp3) is 0.714. The highest BCUT2D eigenvalue weighted by Gasteiger charge is 2.15. The lowest BCUT2D eigenvalue weighted by Gasteiger charge is -2.19. The van der Waals surface area contributed by atoms with Crippen LogP contribution in [0.1, 0.15) is 19.3 Å². The van der Waals surface area contributed by atoms with E-state index in [1.54, 1.807) is 6.20 Å². The number of anilines is 1. The van der Waals surface area contributed by atoms with Gasteiger partial charge in [-0.25, -0.2) is 4.68 Å². The Morgan fingerprint density at radius 2 is 2.33 bits per heavy atom. The molecule has 118 valence electrons. The molecule has 1 aliphatic rings. The van der Waals surface area contributed by atoms with Gasteiger partial charge in [-0.2, -0.15) is 5.10 Å². The van der Waals surface area contributed by atoms with E-state index >= 15 is 0 Å². The molecule has 0 saturated carbocycles. The summed E-state index contributed by atoms with van der Waals surface area (Å²) < 4.78 is 1.42. The van der Waals surface area contributed by atoms with Gasteiger partial charge in [0.1, 0.15) is 5.02 Å². The lowest BCUT2D eigenvalue weighted by molar-refractivity contribution is 0.367. The number of nitrogens with zero attached hydrogens (tertiary/aromatic N) is 3. The van der Waals surface area contributed by atoms with Crippen molar-refractivity contribution in [2.24, 2.45) is 0 Å². The normalized spacial score (nSPS) is 19.5. The van der Waals surface area contributed by atoms with Crippen LogP contribution in [-0.4, -0.2) is 54.5 Å². The van der Waals surface area contributed by atoms with Crippen LogP contribution in [0, 0.1) is 0 Å². The topological polar surface area (TPSA) is 62.2 Å². The van der Waals surface area contributed by atoms with Crippen molar-refractivity contribution in [2.45, 2.75) is 31.8 Å². The second-order valence-corrected chi connectivity index (χ2v) is 6.12. The van der Waals surface area contributed by atoms with E-state index in [0.717, 1.165) is 26.1 Å². The average molecular weight is 314 g/mol. The van der Waals surface area contributed by atoms with Crippen LogP contribution in [0.2, 0.25) is 5.02 Å². The van der Waals surface area contributed by atoms with Gasteiger partial charge in [0.15, 0.2) is 0 Å². The molecule has 2 rings (SSSR count). The summed E-state index contributed by atoms with van der Waals surface area (Å²) in [6.45, 7) is 3.23. The zero-order valence-corrected chi connectivity index (χ0v) is 13.5. The largest absolute Gasteiger partial charge is 0.378 e. The van der Waals surface area contributed by atoms with Gasteiger partial charge in [-0.3, -0.25) is 4.79 Å². The van der Waals surface area contributed by atoms with Gasteiger partial charge < -0.3 is 15.5 Å². The van der Waals surface area contributed by atoms with Crippen molar-refractivity contribution >= 4 is 17.3 Å².